The van der Waals surface area contributed by atoms with Crippen LogP contribution in [-0.4, -0.2) is 37.6 Å². The normalized spacial score (nSPS) is 10.3. The second-order valence-electron chi connectivity index (χ2n) is 5.43. The average Bonchev–Trinajstić information content (AvgIpc) is 2.63. The number of carbonyl (C=O) groups excluding carboxylic acids is 1. The highest BCUT2D eigenvalue weighted by Gasteiger charge is 2.09. The number of rotatable bonds is 8. The van der Waals surface area contributed by atoms with E-state index < -0.39 is 0 Å². The highest BCUT2D eigenvalue weighted by Crippen LogP contribution is 2.14. The molecule has 0 radical (unpaired) electrons. The molecule has 0 atom stereocenters. The van der Waals surface area contributed by atoms with Gasteiger partial charge in [-0.05, 0) is 50.1 Å². The topological polar surface area (TPSA) is 54.5 Å². The third kappa shape index (κ3) is 4.72. The van der Waals surface area contributed by atoms with E-state index in [9.17, 15) is 4.79 Å². The largest absolute Gasteiger partial charge is 0.497 e. The van der Waals surface area contributed by atoms with E-state index in [1.807, 2.05) is 30.3 Å². The van der Waals surface area contributed by atoms with Gasteiger partial charge in [-0.2, -0.15) is 0 Å². The zero-order valence-electron chi connectivity index (χ0n) is 14.6. The van der Waals surface area contributed by atoms with Crippen LogP contribution in [0.15, 0.2) is 42.6 Å². The van der Waals surface area contributed by atoms with Crippen LogP contribution >= 0.6 is 0 Å². The molecule has 2 aromatic rings. The highest BCUT2D eigenvalue weighted by atomic mass is 16.5. The number of anilines is 1. The Kier molecular flexibility index (Phi) is 6.61. The molecule has 1 aromatic heterocycles. The van der Waals surface area contributed by atoms with Crippen LogP contribution in [0.2, 0.25) is 0 Å². The summed E-state index contributed by atoms with van der Waals surface area (Å²) in [5.74, 6) is 1.59. The number of ether oxygens (including phenoxy) is 1. The van der Waals surface area contributed by atoms with Crippen LogP contribution < -0.4 is 15.0 Å². The first-order valence-corrected chi connectivity index (χ1v) is 8.30. The summed E-state index contributed by atoms with van der Waals surface area (Å²) in [4.78, 5) is 18.8. The molecule has 128 valence electrons. The molecule has 5 nitrogen and oxygen atoms in total. The maximum Gasteiger partial charge on any atom is 0.251 e. The molecule has 0 spiro atoms. The van der Waals surface area contributed by atoms with Crippen LogP contribution in [0.1, 0.15) is 29.8 Å². The summed E-state index contributed by atoms with van der Waals surface area (Å²) in [6, 6.07) is 11.5. The number of benzene rings is 1. The predicted octanol–water partition coefficient (Wildman–Crippen LogP) is 2.91. The molecule has 1 amide bonds. The lowest BCUT2D eigenvalue weighted by Crippen LogP contribution is -2.27. The summed E-state index contributed by atoms with van der Waals surface area (Å²) >= 11 is 0. The maximum atomic E-state index is 12.3. The number of nitrogens with zero attached hydrogens (tertiary/aromatic N) is 2. The minimum atomic E-state index is -0.0753. The number of amides is 1. The molecule has 1 aromatic carbocycles. The van der Waals surface area contributed by atoms with Crippen LogP contribution in [0.5, 0.6) is 5.75 Å². The zero-order chi connectivity index (χ0) is 17.4. The van der Waals surface area contributed by atoms with E-state index in [2.05, 4.69) is 29.0 Å². The molecule has 0 aliphatic heterocycles. The Labute approximate surface area is 143 Å². The summed E-state index contributed by atoms with van der Waals surface area (Å²) in [5, 5.41) is 2.96. The number of pyridine rings is 1. The van der Waals surface area contributed by atoms with E-state index in [1.54, 1.807) is 19.4 Å². The second kappa shape index (κ2) is 8.91. The molecule has 1 heterocycles. The number of methoxy groups -OCH3 is 1. The van der Waals surface area contributed by atoms with Gasteiger partial charge >= 0.3 is 0 Å². The van der Waals surface area contributed by atoms with Crippen molar-refractivity contribution in [2.75, 3.05) is 31.6 Å². The van der Waals surface area contributed by atoms with Crippen molar-refractivity contribution in [3.8, 4) is 5.75 Å². The van der Waals surface area contributed by atoms with Gasteiger partial charge in [0, 0.05) is 31.4 Å². The molecular formula is C19H25N3O2. The van der Waals surface area contributed by atoms with Crippen molar-refractivity contribution in [1.82, 2.24) is 10.3 Å². The Morgan fingerprint density at radius 1 is 1.21 bits per heavy atom. The number of aromatic nitrogens is 1. The van der Waals surface area contributed by atoms with Gasteiger partial charge < -0.3 is 15.0 Å². The molecule has 0 saturated carbocycles. The van der Waals surface area contributed by atoms with Crippen molar-refractivity contribution >= 4 is 11.7 Å². The third-order valence-electron chi connectivity index (χ3n) is 3.93. The van der Waals surface area contributed by atoms with Gasteiger partial charge in [-0.1, -0.05) is 12.1 Å². The monoisotopic (exact) mass is 327 g/mol. The first-order valence-electron chi connectivity index (χ1n) is 8.30. The zero-order valence-corrected chi connectivity index (χ0v) is 14.6. The molecular weight excluding hydrogens is 302 g/mol. The van der Waals surface area contributed by atoms with Crippen LogP contribution in [0.3, 0.4) is 0 Å². The van der Waals surface area contributed by atoms with Gasteiger partial charge in [0.1, 0.15) is 11.6 Å². The van der Waals surface area contributed by atoms with Gasteiger partial charge in [0.2, 0.25) is 0 Å². The third-order valence-corrected chi connectivity index (χ3v) is 3.93. The molecule has 0 bridgehead atoms. The van der Waals surface area contributed by atoms with E-state index in [4.69, 9.17) is 4.74 Å². The minimum Gasteiger partial charge on any atom is -0.497 e. The lowest BCUT2D eigenvalue weighted by Gasteiger charge is -2.20. The van der Waals surface area contributed by atoms with Crippen molar-refractivity contribution in [1.29, 1.82) is 0 Å². The molecule has 0 aliphatic carbocycles. The van der Waals surface area contributed by atoms with E-state index in [0.717, 1.165) is 36.6 Å². The highest BCUT2D eigenvalue weighted by molar-refractivity contribution is 5.94. The summed E-state index contributed by atoms with van der Waals surface area (Å²) in [6.45, 7) is 6.46. The molecule has 2 rings (SSSR count). The van der Waals surface area contributed by atoms with Crippen molar-refractivity contribution in [3.63, 3.8) is 0 Å². The van der Waals surface area contributed by atoms with E-state index in [1.165, 1.54) is 0 Å². The van der Waals surface area contributed by atoms with E-state index in [-0.39, 0.29) is 5.91 Å². The average molecular weight is 327 g/mol. The SMILES string of the molecule is CCN(CC)c1cc(C(=O)NCCc2cccc(OC)c2)ccn1. The van der Waals surface area contributed by atoms with E-state index in [0.29, 0.717) is 12.1 Å². The number of nitrogens with one attached hydrogen (secondary N) is 1. The Morgan fingerprint density at radius 3 is 2.71 bits per heavy atom. The second-order valence-corrected chi connectivity index (χ2v) is 5.43. The fourth-order valence-corrected chi connectivity index (χ4v) is 2.53. The molecule has 0 aliphatic rings. The summed E-state index contributed by atoms with van der Waals surface area (Å²) in [7, 11) is 1.65. The van der Waals surface area contributed by atoms with Gasteiger partial charge in [-0.25, -0.2) is 4.98 Å². The van der Waals surface area contributed by atoms with Crippen LogP contribution in [0.4, 0.5) is 5.82 Å². The fourth-order valence-electron chi connectivity index (χ4n) is 2.53. The van der Waals surface area contributed by atoms with Crippen LogP contribution in [-0.2, 0) is 6.42 Å². The summed E-state index contributed by atoms with van der Waals surface area (Å²) in [5.41, 5.74) is 1.77. The number of hydrogen-bond donors (Lipinski definition) is 1. The van der Waals surface area contributed by atoms with Crippen molar-refractivity contribution < 1.29 is 9.53 Å². The number of hydrogen-bond acceptors (Lipinski definition) is 4. The van der Waals surface area contributed by atoms with E-state index >= 15 is 0 Å². The molecule has 0 unspecified atom stereocenters. The van der Waals surface area contributed by atoms with Crippen molar-refractivity contribution in [3.05, 3.63) is 53.7 Å². The quantitative estimate of drug-likeness (QED) is 0.810. The van der Waals surface area contributed by atoms with Crippen molar-refractivity contribution in [2.45, 2.75) is 20.3 Å². The summed E-state index contributed by atoms with van der Waals surface area (Å²) in [6.07, 6.45) is 2.45. The molecule has 0 saturated heterocycles. The lowest BCUT2D eigenvalue weighted by atomic mass is 10.1. The Morgan fingerprint density at radius 2 is 2.00 bits per heavy atom. The van der Waals surface area contributed by atoms with Gasteiger partial charge in [-0.15, -0.1) is 0 Å². The summed E-state index contributed by atoms with van der Waals surface area (Å²) < 4.78 is 5.21. The molecule has 5 heteroatoms. The Bertz CT molecular complexity index is 669. The standard InChI is InChI=1S/C19H25N3O2/c1-4-22(5-2)18-14-16(10-12-20-18)19(23)21-11-9-15-7-6-8-17(13-15)24-3/h6-8,10,12-14H,4-5,9,11H2,1-3H3,(H,21,23). The van der Waals surface area contributed by atoms with Crippen LogP contribution in [0.25, 0.3) is 0 Å². The lowest BCUT2D eigenvalue weighted by molar-refractivity contribution is 0.0954. The predicted molar refractivity (Wildman–Crippen MR) is 96.8 cm³/mol. The first kappa shape index (κ1) is 17.8. The molecule has 0 fully saturated rings. The van der Waals surface area contributed by atoms with Gasteiger partial charge in [0.05, 0.1) is 7.11 Å². The number of carbonyl (C=O) groups is 1. The smallest absolute Gasteiger partial charge is 0.251 e. The Hall–Kier alpha value is -2.56. The van der Waals surface area contributed by atoms with Gasteiger partial charge in [-0.3, -0.25) is 4.79 Å². The van der Waals surface area contributed by atoms with Crippen molar-refractivity contribution in [2.24, 2.45) is 0 Å². The Balaban J connectivity index is 1.93. The van der Waals surface area contributed by atoms with Gasteiger partial charge in [0.25, 0.3) is 5.91 Å². The van der Waals surface area contributed by atoms with Gasteiger partial charge in [0.15, 0.2) is 0 Å². The molecule has 1 N–H and O–H groups in total. The fraction of sp³-hybridized carbons (Fsp3) is 0.368. The first-order chi connectivity index (χ1) is 11.7. The van der Waals surface area contributed by atoms with Crippen LogP contribution in [0, 0.1) is 0 Å². The minimum absolute atomic E-state index is 0.0753. The molecule has 24 heavy (non-hydrogen) atoms. The maximum absolute atomic E-state index is 12.3.